The van der Waals surface area contributed by atoms with Crippen LogP contribution in [0.5, 0.6) is 5.75 Å². The minimum Gasteiger partial charge on any atom is -0.494 e. The summed E-state index contributed by atoms with van der Waals surface area (Å²) in [5.41, 5.74) is 2.17. The molecule has 0 saturated carbocycles. The van der Waals surface area contributed by atoms with E-state index in [1.165, 1.54) is 17.7 Å². The molecule has 198 valence electrons. The van der Waals surface area contributed by atoms with E-state index in [0.717, 1.165) is 48.0 Å². The molecule has 5 rings (SSSR count). The predicted octanol–water partition coefficient (Wildman–Crippen LogP) is 7.76. The lowest BCUT2D eigenvalue weighted by Gasteiger charge is -2.38. The van der Waals surface area contributed by atoms with E-state index in [2.05, 4.69) is 17.4 Å². The summed E-state index contributed by atoms with van der Waals surface area (Å²) in [6.45, 7) is 4.85. The molecule has 6 heteroatoms. The summed E-state index contributed by atoms with van der Waals surface area (Å²) in [4.78, 5) is 0. The number of hydrogen-bond acceptors (Lipinski definition) is 3. The lowest BCUT2D eigenvalue weighted by atomic mass is 9.74. The van der Waals surface area contributed by atoms with Gasteiger partial charge in [0, 0.05) is 5.41 Å². The second kappa shape index (κ2) is 11.2. The van der Waals surface area contributed by atoms with Crippen LogP contribution in [0.1, 0.15) is 36.5 Å². The Morgan fingerprint density at radius 1 is 0.816 bits per heavy atom. The van der Waals surface area contributed by atoms with Crippen LogP contribution in [0.2, 0.25) is 0 Å². The second-order valence-corrected chi connectivity index (χ2v) is 9.96. The van der Waals surface area contributed by atoms with E-state index in [0.29, 0.717) is 24.3 Å². The SMILES string of the molecule is CCOc1ccc2cc(-c3cc(COCC4(c5ccccc5)CCNCC4)cc(C(F)(F)F)c3)ccc2c1. The fraction of sp³-hybridized carbons (Fsp3) is 0.312. The standard InChI is InChI=1S/C32H32F3NO2/c1-2-38-30-11-10-24-18-25(8-9-26(24)20-30)27-16-23(17-29(19-27)32(33,34)35)21-37-22-31(12-14-36-15-13-31)28-6-4-3-5-7-28/h3-11,16-20,36H,2,12-15,21-22H2,1H3. The average molecular weight is 520 g/mol. The Kier molecular flexibility index (Phi) is 7.73. The molecule has 1 aliphatic rings. The predicted molar refractivity (Wildman–Crippen MR) is 145 cm³/mol. The van der Waals surface area contributed by atoms with E-state index >= 15 is 0 Å². The van der Waals surface area contributed by atoms with Gasteiger partial charge in [-0.25, -0.2) is 0 Å². The van der Waals surface area contributed by atoms with Gasteiger partial charge in [-0.15, -0.1) is 0 Å². The molecule has 1 fully saturated rings. The minimum atomic E-state index is -4.45. The Hall–Kier alpha value is -3.35. The summed E-state index contributed by atoms with van der Waals surface area (Å²) in [6.07, 6.45) is -2.60. The number of ether oxygens (including phenoxy) is 2. The lowest BCUT2D eigenvalue weighted by Crippen LogP contribution is -2.43. The van der Waals surface area contributed by atoms with Crippen LogP contribution < -0.4 is 10.1 Å². The Balaban J connectivity index is 1.41. The Morgan fingerprint density at radius 3 is 2.29 bits per heavy atom. The molecule has 0 spiro atoms. The van der Waals surface area contributed by atoms with Crippen molar-refractivity contribution in [2.45, 2.75) is 38.0 Å². The average Bonchev–Trinajstić information content (AvgIpc) is 2.93. The van der Waals surface area contributed by atoms with E-state index in [-0.39, 0.29) is 12.0 Å². The molecule has 3 nitrogen and oxygen atoms in total. The molecular formula is C32H32F3NO2. The van der Waals surface area contributed by atoms with Gasteiger partial charge in [0.15, 0.2) is 0 Å². The van der Waals surface area contributed by atoms with Crippen LogP contribution in [0.25, 0.3) is 21.9 Å². The molecule has 1 saturated heterocycles. The highest BCUT2D eigenvalue weighted by Crippen LogP contribution is 2.36. The molecule has 0 aromatic heterocycles. The molecule has 0 atom stereocenters. The smallest absolute Gasteiger partial charge is 0.416 e. The second-order valence-electron chi connectivity index (χ2n) is 9.96. The van der Waals surface area contributed by atoms with Crippen LogP contribution >= 0.6 is 0 Å². The Bertz CT molecular complexity index is 1380. The summed E-state index contributed by atoms with van der Waals surface area (Å²) in [5, 5.41) is 5.32. The number of hydrogen-bond donors (Lipinski definition) is 1. The summed E-state index contributed by atoms with van der Waals surface area (Å²) >= 11 is 0. The summed E-state index contributed by atoms with van der Waals surface area (Å²) in [6, 6.07) is 26.0. The van der Waals surface area contributed by atoms with Crippen LogP contribution in [-0.2, 0) is 22.9 Å². The van der Waals surface area contributed by atoms with Gasteiger partial charge in [-0.1, -0.05) is 48.5 Å². The molecule has 38 heavy (non-hydrogen) atoms. The third-order valence-electron chi connectivity index (χ3n) is 7.37. The number of alkyl halides is 3. The lowest BCUT2D eigenvalue weighted by molar-refractivity contribution is -0.137. The van der Waals surface area contributed by atoms with Crippen LogP contribution in [0, 0.1) is 0 Å². The first kappa shape index (κ1) is 26.3. The highest BCUT2D eigenvalue weighted by atomic mass is 19.4. The van der Waals surface area contributed by atoms with Crippen molar-refractivity contribution in [1.82, 2.24) is 5.32 Å². The van der Waals surface area contributed by atoms with Gasteiger partial charge in [0.05, 0.1) is 25.4 Å². The maximum Gasteiger partial charge on any atom is 0.416 e. The minimum absolute atomic E-state index is 0.115. The van der Waals surface area contributed by atoms with Crippen LogP contribution in [-0.4, -0.2) is 26.3 Å². The van der Waals surface area contributed by atoms with Gasteiger partial charge in [-0.05, 0) is 102 Å². The van der Waals surface area contributed by atoms with Crippen molar-refractivity contribution < 1.29 is 22.6 Å². The number of fused-ring (bicyclic) bond motifs is 1. The first-order valence-electron chi connectivity index (χ1n) is 13.1. The van der Waals surface area contributed by atoms with Crippen molar-refractivity contribution in [2.75, 3.05) is 26.3 Å². The molecule has 0 aliphatic carbocycles. The molecule has 0 radical (unpaired) electrons. The van der Waals surface area contributed by atoms with E-state index < -0.39 is 11.7 Å². The third-order valence-corrected chi connectivity index (χ3v) is 7.37. The highest BCUT2D eigenvalue weighted by Gasteiger charge is 2.34. The molecule has 1 N–H and O–H groups in total. The van der Waals surface area contributed by atoms with E-state index in [1.807, 2.05) is 67.6 Å². The topological polar surface area (TPSA) is 30.5 Å². The summed E-state index contributed by atoms with van der Waals surface area (Å²) < 4.78 is 53.3. The molecule has 4 aromatic rings. The van der Waals surface area contributed by atoms with E-state index in [1.54, 1.807) is 0 Å². The van der Waals surface area contributed by atoms with Crippen LogP contribution in [0.3, 0.4) is 0 Å². The number of rotatable bonds is 8. The van der Waals surface area contributed by atoms with Crippen molar-refractivity contribution in [3.63, 3.8) is 0 Å². The molecule has 1 heterocycles. The van der Waals surface area contributed by atoms with Crippen molar-refractivity contribution >= 4 is 10.8 Å². The van der Waals surface area contributed by atoms with Crippen molar-refractivity contribution in [3.05, 3.63) is 102 Å². The normalized spacial score (nSPS) is 15.5. The fourth-order valence-corrected chi connectivity index (χ4v) is 5.34. The van der Waals surface area contributed by atoms with Crippen molar-refractivity contribution in [3.8, 4) is 16.9 Å². The zero-order valence-electron chi connectivity index (χ0n) is 21.5. The maximum atomic E-state index is 13.9. The Morgan fingerprint density at radius 2 is 1.55 bits per heavy atom. The maximum absolute atomic E-state index is 13.9. The monoisotopic (exact) mass is 519 g/mol. The zero-order chi connectivity index (χ0) is 26.6. The van der Waals surface area contributed by atoms with Gasteiger partial charge < -0.3 is 14.8 Å². The largest absolute Gasteiger partial charge is 0.494 e. The number of nitrogens with one attached hydrogen (secondary N) is 1. The van der Waals surface area contributed by atoms with Gasteiger partial charge in [-0.3, -0.25) is 0 Å². The fourth-order valence-electron chi connectivity index (χ4n) is 5.34. The van der Waals surface area contributed by atoms with E-state index in [4.69, 9.17) is 9.47 Å². The van der Waals surface area contributed by atoms with Crippen LogP contribution in [0.4, 0.5) is 13.2 Å². The summed E-state index contributed by atoms with van der Waals surface area (Å²) in [7, 11) is 0. The molecule has 0 unspecified atom stereocenters. The molecule has 0 amide bonds. The first-order chi connectivity index (χ1) is 18.4. The van der Waals surface area contributed by atoms with Gasteiger partial charge >= 0.3 is 6.18 Å². The molecule has 4 aromatic carbocycles. The van der Waals surface area contributed by atoms with Gasteiger partial charge in [0.2, 0.25) is 0 Å². The van der Waals surface area contributed by atoms with Crippen LogP contribution in [0.15, 0.2) is 84.9 Å². The van der Waals surface area contributed by atoms with E-state index in [9.17, 15) is 13.2 Å². The quantitative estimate of drug-likeness (QED) is 0.258. The van der Waals surface area contributed by atoms with Gasteiger partial charge in [0.25, 0.3) is 0 Å². The van der Waals surface area contributed by atoms with Gasteiger partial charge in [-0.2, -0.15) is 13.2 Å². The highest BCUT2D eigenvalue weighted by molar-refractivity contribution is 5.88. The molecule has 0 bridgehead atoms. The Labute approximate surface area is 221 Å². The van der Waals surface area contributed by atoms with Gasteiger partial charge in [0.1, 0.15) is 5.75 Å². The zero-order valence-corrected chi connectivity index (χ0v) is 21.5. The summed E-state index contributed by atoms with van der Waals surface area (Å²) in [5.74, 6) is 0.772. The third kappa shape index (κ3) is 5.87. The molecular weight excluding hydrogens is 487 g/mol. The number of halogens is 3. The van der Waals surface area contributed by atoms with Crippen molar-refractivity contribution in [1.29, 1.82) is 0 Å². The number of piperidine rings is 1. The molecule has 1 aliphatic heterocycles. The van der Waals surface area contributed by atoms with Crippen molar-refractivity contribution in [2.24, 2.45) is 0 Å². The number of benzene rings is 4. The first-order valence-corrected chi connectivity index (χ1v) is 13.1.